The zero-order chi connectivity index (χ0) is 21.6. The molecule has 0 saturated heterocycles. The molecule has 2 rings (SSSR count). The Morgan fingerprint density at radius 2 is 1.69 bits per heavy atom. The highest BCUT2D eigenvalue weighted by Gasteiger charge is 2.19. The molecule has 2 amide bonds. The number of nitrogens with one attached hydrogen (secondary N) is 2. The monoisotopic (exact) mass is 399 g/mol. The fraction of sp³-hybridized carbons (Fsp3) is 0.300. The van der Waals surface area contributed by atoms with Gasteiger partial charge in [-0.1, -0.05) is 18.2 Å². The third-order valence-corrected chi connectivity index (χ3v) is 4.39. The fourth-order valence-electron chi connectivity index (χ4n) is 2.75. The maximum atomic E-state index is 12.2. The molecule has 0 fully saturated rings. The Morgan fingerprint density at radius 1 is 1.03 bits per heavy atom. The lowest BCUT2D eigenvalue weighted by atomic mass is 10.1. The van der Waals surface area contributed by atoms with Crippen LogP contribution in [0.3, 0.4) is 0 Å². The summed E-state index contributed by atoms with van der Waals surface area (Å²) in [4.78, 5) is 38.5. The maximum Gasteiger partial charge on any atom is 0.313 e. The van der Waals surface area contributed by atoms with Crippen molar-refractivity contribution in [3.63, 3.8) is 0 Å². The molecular formula is C20H25N5O4. The first-order valence-electron chi connectivity index (χ1n) is 8.96. The zero-order valence-electron chi connectivity index (χ0n) is 16.9. The second-order valence-electron chi connectivity index (χ2n) is 6.94. The van der Waals surface area contributed by atoms with Gasteiger partial charge in [-0.2, -0.15) is 0 Å². The van der Waals surface area contributed by atoms with Crippen molar-refractivity contribution in [2.45, 2.75) is 6.04 Å². The summed E-state index contributed by atoms with van der Waals surface area (Å²) in [7, 11) is 7.69. The van der Waals surface area contributed by atoms with Gasteiger partial charge in [0.2, 0.25) is 0 Å². The Bertz CT molecular complexity index is 881. The van der Waals surface area contributed by atoms with Crippen LogP contribution in [0.2, 0.25) is 0 Å². The lowest BCUT2D eigenvalue weighted by Gasteiger charge is -2.25. The van der Waals surface area contributed by atoms with Crippen molar-refractivity contribution in [3.05, 3.63) is 64.2 Å². The van der Waals surface area contributed by atoms with Crippen LogP contribution in [0.15, 0.2) is 48.5 Å². The topological polar surface area (TPSA) is 108 Å². The van der Waals surface area contributed by atoms with Gasteiger partial charge in [0.1, 0.15) is 0 Å². The standard InChI is InChI=1S/C20H25N5O4/c1-23(2)16-10-8-14(9-11-16)18(24(3)4)13-21-19(26)20(27)22-15-6-5-7-17(12-15)25(28)29/h5-12,18H,13H2,1-4H3,(H,21,26)(H,22,27)/t18-/m1/s1. The molecule has 0 spiro atoms. The number of benzene rings is 2. The molecule has 0 bridgehead atoms. The van der Waals surface area contributed by atoms with Gasteiger partial charge in [-0.25, -0.2) is 0 Å². The van der Waals surface area contributed by atoms with Crippen LogP contribution >= 0.6 is 0 Å². The number of nitrogens with zero attached hydrogens (tertiary/aromatic N) is 3. The van der Waals surface area contributed by atoms with E-state index in [9.17, 15) is 19.7 Å². The first-order chi connectivity index (χ1) is 13.7. The van der Waals surface area contributed by atoms with Crippen molar-refractivity contribution < 1.29 is 14.5 Å². The van der Waals surface area contributed by atoms with Gasteiger partial charge in [0.05, 0.1) is 11.0 Å². The van der Waals surface area contributed by atoms with Crippen molar-refractivity contribution in [2.75, 3.05) is 45.0 Å². The minimum atomic E-state index is -0.883. The normalized spacial score (nSPS) is 11.6. The average molecular weight is 399 g/mol. The number of carbonyl (C=O) groups excluding carboxylic acids is 2. The van der Waals surface area contributed by atoms with Crippen LogP contribution in [0.25, 0.3) is 0 Å². The Balaban J connectivity index is 2.00. The summed E-state index contributed by atoms with van der Waals surface area (Å²) >= 11 is 0. The fourth-order valence-corrected chi connectivity index (χ4v) is 2.75. The van der Waals surface area contributed by atoms with Gasteiger partial charge >= 0.3 is 11.8 Å². The van der Waals surface area contributed by atoms with Crippen LogP contribution in [0.4, 0.5) is 17.1 Å². The number of hydrogen-bond donors (Lipinski definition) is 2. The predicted octanol–water partition coefficient (Wildman–Crippen LogP) is 2.02. The average Bonchev–Trinajstić information content (AvgIpc) is 2.68. The minimum Gasteiger partial charge on any atom is -0.378 e. The quantitative estimate of drug-likeness (QED) is 0.419. The minimum absolute atomic E-state index is 0.124. The summed E-state index contributed by atoms with van der Waals surface area (Å²) in [6, 6.07) is 13.2. The van der Waals surface area contributed by atoms with Gasteiger partial charge < -0.3 is 20.4 Å². The van der Waals surface area contributed by atoms with Crippen molar-refractivity contribution in [2.24, 2.45) is 0 Å². The van der Waals surface area contributed by atoms with E-state index in [4.69, 9.17) is 0 Å². The summed E-state index contributed by atoms with van der Waals surface area (Å²) in [5.41, 5.74) is 2.08. The molecule has 0 saturated carbocycles. The van der Waals surface area contributed by atoms with E-state index in [1.165, 1.54) is 24.3 Å². The van der Waals surface area contributed by atoms with Crippen LogP contribution in [0.1, 0.15) is 11.6 Å². The molecule has 0 aliphatic carbocycles. The molecule has 0 aromatic heterocycles. The van der Waals surface area contributed by atoms with Gasteiger partial charge in [-0.05, 0) is 37.9 Å². The lowest BCUT2D eigenvalue weighted by Crippen LogP contribution is -2.40. The molecule has 9 nitrogen and oxygen atoms in total. The predicted molar refractivity (Wildman–Crippen MR) is 112 cm³/mol. The first kappa shape index (κ1) is 21.8. The number of amides is 2. The Morgan fingerprint density at radius 3 is 2.24 bits per heavy atom. The molecule has 1 atom stereocenters. The summed E-state index contributed by atoms with van der Waals surface area (Å²) < 4.78 is 0. The maximum absolute atomic E-state index is 12.2. The molecule has 0 radical (unpaired) electrons. The van der Waals surface area contributed by atoms with E-state index >= 15 is 0 Å². The summed E-state index contributed by atoms with van der Waals surface area (Å²) in [5.74, 6) is -1.70. The van der Waals surface area contributed by atoms with Crippen molar-refractivity contribution in [3.8, 4) is 0 Å². The number of rotatable bonds is 7. The van der Waals surface area contributed by atoms with E-state index in [2.05, 4.69) is 10.6 Å². The van der Waals surface area contributed by atoms with E-state index in [1.807, 2.05) is 62.3 Å². The number of nitro benzene ring substituents is 1. The lowest BCUT2D eigenvalue weighted by molar-refractivity contribution is -0.384. The van der Waals surface area contributed by atoms with Gasteiger partial charge in [0.15, 0.2) is 0 Å². The smallest absolute Gasteiger partial charge is 0.313 e. The van der Waals surface area contributed by atoms with Gasteiger partial charge in [-0.3, -0.25) is 19.7 Å². The van der Waals surface area contributed by atoms with Crippen molar-refractivity contribution in [1.82, 2.24) is 10.2 Å². The van der Waals surface area contributed by atoms with E-state index in [0.717, 1.165) is 11.3 Å². The van der Waals surface area contributed by atoms with E-state index in [1.54, 1.807) is 0 Å². The molecule has 154 valence electrons. The number of non-ortho nitro benzene ring substituents is 1. The molecule has 0 unspecified atom stereocenters. The molecule has 0 aliphatic heterocycles. The number of nitro groups is 1. The molecular weight excluding hydrogens is 374 g/mol. The van der Waals surface area contributed by atoms with Crippen LogP contribution in [-0.2, 0) is 9.59 Å². The number of anilines is 2. The number of carbonyl (C=O) groups is 2. The molecule has 0 heterocycles. The molecule has 0 aliphatic rings. The second-order valence-corrected chi connectivity index (χ2v) is 6.94. The Hall–Kier alpha value is -3.46. The largest absolute Gasteiger partial charge is 0.378 e. The summed E-state index contributed by atoms with van der Waals surface area (Å²) in [6.07, 6.45) is 0. The third kappa shape index (κ3) is 6.01. The number of hydrogen-bond acceptors (Lipinski definition) is 6. The molecule has 2 N–H and O–H groups in total. The van der Waals surface area contributed by atoms with Crippen LogP contribution < -0.4 is 15.5 Å². The van der Waals surface area contributed by atoms with E-state index < -0.39 is 16.7 Å². The SMILES string of the molecule is CN(C)c1ccc([C@@H](CNC(=O)C(=O)Nc2cccc([N+](=O)[O-])c2)N(C)C)cc1. The summed E-state index contributed by atoms with van der Waals surface area (Å²) in [6.45, 7) is 0.232. The summed E-state index contributed by atoms with van der Waals surface area (Å²) in [5, 5.41) is 15.8. The van der Waals surface area contributed by atoms with Gasteiger partial charge in [-0.15, -0.1) is 0 Å². The zero-order valence-corrected chi connectivity index (χ0v) is 16.9. The third-order valence-electron chi connectivity index (χ3n) is 4.39. The Kier molecular flexibility index (Phi) is 7.27. The molecule has 9 heteroatoms. The van der Waals surface area contributed by atoms with Gasteiger partial charge in [0.25, 0.3) is 5.69 Å². The van der Waals surface area contributed by atoms with Crippen molar-refractivity contribution in [1.29, 1.82) is 0 Å². The highest BCUT2D eigenvalue weighted by molar-refractivity contribution is 6.39. The van der Waals surface area contributed by atoms with Gasteiger partial charge in [0, 0.05) is 44.1 Å². The Labute approximate surface area is 169 Å². The highest BCUT2D eigenvalue weighted by Crippen LogP contribution is 2.21. The first-order valence-corrected chi connectivity index (χ1v) is 8.96. The van der Waals surface area contributed by atoms with Crippen LogP contribution in [-0.4, -0.2) is 56.4 Å². The van der Waals surface area contributed by atoms with E-state index in [-0.39, 0.29) is 24.0 Å². The van der Waals surface area contributed by atoms with Crippen LogP contribution in [0.5, 0.6) is 0 Å². The van der Waals surface area contributed by atoms with Crippen molar-refractivity contribution >= 4 is 28.9 Å². The number of likely N-dealkylation sites (N-methyl/N-ethyl adjacent to an activating group) is 1. The molecule has 2 aromatic carbocycles. The highest BCUT2D eigenvalue weighted by atomic mass is 16.6. The van der Waals surface area contributed by atoms with E-state index in [0.29, 0.717) is 0 Å². The molecule has 29 heavy (non-hydrogen) atoms. The molecule has 2 aromatic rings. The second kappa shape index (κ2) is 9.65. The van der Waals surface area contributed by atoms with Crippen LogP contribution in [0, 0.1) is 10.1 Å².